The third-order valence-corrected chi connectivity index (χ3v) is 8.07. The van der Waals surface area contributed by atoms with Crippen LogP contribution in [0.3, 0.4) is 0 Å². The van der Waals surface area contributed by atoms with Crippen LogP contribution in [0.4, 0.5) is 18.9 Å². The summed E-state index contributed by atoms with van der Waals surface area (Å²) in [6.07, 6.45) is -2.89. The highest BCUT2D eigenvalue weighted by molar-refractivity contribution is 5.87. The van der Waals surface area contributed by atoms with Gasteiger partial charge < -0.3 is 19.1 Å². The van der Waals surface area contributed by atoms with Crippen molar-refractivity contribution in [1.29, 1.82) is 0 Å². The average molecular weight is 568 g/mol. The van der Waals surface area contributed by atoms with Crippen molar-refractivity contribution in [2.75, 3.05) is 26.2 Å². The molecule has 6 rings (SSSR count). The standard InChI is InChI=1S/C30H28F3N3O5/c31-30(32,33)29(37,19-34-14-12-28(13-15-34)20-40-26-8-4-5-9-27(26)41-28)24-18-35(17-21-6-2-1-3-7-21)25-16-22(36(38)39)10-11-23(24)25/h1-11,16,18,37H,12-15,17,19-20H2. The zero-order valence-corrected chi connectivity index (χ0v) is 22.0. The van der Waals surface area contributed by atoms with Gasteiger partial charge in [-0.25, -0.2) is 0 Å². The highest BCUT2D eigenvalue weighted by Gasteiger charge is 2.57. The van der Waals surface area contributed by atoms with E-state index in [1.165, 1.54) is 29.0 Å². The number of aromatic nitrogens is 1. The summed E-state index contributed by atoms with van der Waals surface area (Å²) in [6, 6.07) is 20.1. The van der Waals surface area contributed by atoms with E-state index >= 15 is 0 Å². The fourth-order valence-electron chi connectivity index (χ4n) is 5.78. The molecule has 3 aromatic carbocycles. The predicted molar refractivity (Wildman–Crippen MR) is 145 cm³/mol. The zero-order valence-electron chi connectivity index (χ0n) is 22.0. The van der Waals surface area contributed by atoms with Gasteiger partial charge in [0, 0.05) is 68.3 Å². The van der Waals surface area contributed by atoms with Crippen LogP contribution in [-0.2, 0) is 12.1 Å². The molecule has 214 valence electrons. The molecule has 41 heavy (non-hydrogen) atoms. The third kappa shape index (κ3) is 5.00. The molecule has 0 bridgehead atoms. The van der Waals surface area contributed by atoms with Gasteiger partial charge in [-0.05, 0) is 23.8 Å². The minimum absolute atomic E-state index is 0.112. The van der Waals surface area contributed by atoms with Gasteiger partial charge in [-0.3, -0.25) is 15.0 Å². The first-order valence-corrected chi connectivity index (χ1v) is 13.3. The lowest BCUT2D eigenvalue weighted by Crippen LogP contribution is -2.57. The average Bonchev–Trinajstić information content (AvgIpc) is 3.32. The van der Waals surface area contributed by atoms with E-state index in [4.69, 9.17) is 9.47 Å². The second-order valence-electron chi connectivity index (χ2n) is 10.8. The van der Waals surface area contributed by atoms with Gasteiger partial charge >= 0.3 is 6.18 Å². The SMILES string of the molecule is O=[N+]([O-])c1ccc2c(C(O)(CN3CCC4(CC3)COc3ccccc3O4)C(F)(F)F)cn(Cc3ccccc3)c2c1. The van der Waals surface area contributed by atoms with Gasteiger partial charge in [-0.2, -0.15) is 13.2 Å². The van der Waals surface area contributed by atoms with Crippen molar-refractivity contribution in [3.8, 4) is 11.5 Å². The molecule has 1 atom stereocenters. The van der Waals surface area contributed by atoms with Crippen molar-refractivity contribution in [3.05, 3.63) is 100 Å². The fourth-order valence-corrected chi connectivity index (χ4v) is 5.78. The lowest BCUT2D eigenvalue weighted by atomic mass is 9.87. The summed E-state index contributed by atoms with van der Waals surface area (Å²) in [7, 11) is 0. The van der Waals surface area contributed by atoms with Crippen LogP contribution < -0.4 is 9.47 Å². The molecule has 2 aliphatic rings. The number of halogens is 3. The van der Waals surface area contributed by atoms with E-state index < -0.39 is 28.8 Å². The number of hydrogen-bond acceptors (Lipinski definition) is 6. The number of fused-ring (bicyclic) bond motifs is 2. The van der Waals surface area contributed by atoms with E-state index in [-0.39, 0.29) is 41.8 Å². The van der Waals surface area contributed by atoms with Gasteiger partial charge in [0.2, 0.25) is 5.60 Å². The molecule has 4 aromatic rings. The van der Waals surface area contributed by atoms with Crippen LogP contribution in [-0.4, -0.2) is 57.5 Å². The van der Waals surface area contributed by atoms with Crippen molar-refractivity contribution in [3.63, 3.8) is 0 Å². The number of non-ortho nitro benzene ring substituents is 1. The number of rotatable bonds is 6. The van der Waals surface area contributed by atoms with E-state index in [2.05, 4.69) is 0 Å². The summed E-state index contributed by atoms with van der Waals surface area (Å²) in [6.45, 7) is 0.312. The first-order valence-electron chi connectivity index (χ1n) is 13.3. The normalized spacial score (nSPS) is 18.3. The second-order valence-corrected chi connectivity index (χ2v) is 10.8. The molecule has 0 aliphatic carbocycles. The zero-order chi connectivity index (χ0) is 28.8. The summed E-state index contributed by atoms with van der Waals surface area (Å²) in [5, 5.41) is 23.1. The van der Waals surface area contributed by atoms with Gasteiger partial charge in [-0.1, -0.05) is 42.5 Å². The lowest BCUT2D eigenvalue weighted by Gasteiger charge is -2.45. The van der Waals surface area contributed by atoms with Crippen LogP contribution in [0.1, 0.15) is 24.0 Å². The monoisotopic (exact) mass is 567 g/mol. The molecular formula is C30H28F3N3O5. The van der Waals surface area contributed by atoms with E-state index in [9.17, 15) is 28.4 Å². The maximum absolute atomic E-state index is 14.8. The number of hydrogen-bond donors (Lipinski definition) is 1. The number of nitro benzene ring substituents is 1. The summed E-state index contributed by atoms with van der Waals surface area (Å²) in [5.41, 5.74) is -3.40. The molecule has 3 heterocycles. The number of nitro groups is 1. The number of para-hydroxylation sites is 2. The Morgan fingerprint density at radius 3 is 2.34 bits per heavy atom. The number of piperidine rings is 1. The Labute approximate surface area is 233 Å². The van der Waals surface area contributed by atoms with Crippen molar-refractivity contribution >= 4 is 16.6 Å². The molecule has 1 spiro atoms. The first-order chi connectivity index (χ1) is 19.6. The number of alkyl halides is 3. The highest BCUT2D eigenvalue weighted by Crippen LogP contribution is 2.45. The van der Waals surface area contributed by atoms with E-state index in [1.807, 2.05) is 36.4 Å². The molecular weight excluding hydrogens is 539 g/mol. The quantitative estimate of drug-likeness (QED) is 0.239. The predicted octanol–water partition coefficient (Wildman–Crippen LogP) is 5.65. The molecule has 0 amide bonds. The van der Waals surface area contributed by atoms with Crippen LogP contribution in [0.25, 0.3) is 10.9 Å². The highest BCUT2D eigenvalue weighted by atomic mass is 19.4. The first kappa shape index (κ1) is 27.1. The second kappa shape index (κ2) is 10.1. The van der Waals surface area contributed by atoms with Crippen molar-refractivity contribution < 1.29 is 32.7 Å². The lowest BCUT2D eigenvalue weighted by molar-refractivity contribution is -0.384. The number of likely N-dealkylation sites (tertiary alicyclic amines) is 1. The van der Waals surface area contributed by atoms with E-state index in [1.54, 1.807) is 23.1 Å². The molecule has 2 aliphatic heterocycles. The van der Waals surface area contributed by atoms with Gasteiger partial charge in [0.05, 0.1) is 10.4 Å². The Morgan fingerprint density at radius 1 is 0.976 bits per heavy atom. The van der Waals surface area contributed by atoms with Crippen molar-refractivity contribution in [1.82, 2.24) is 9.47 Å². The Balaban J connectivity index is 1.31. The third-order valence-electron chi connectivity index (χ3n) is 8.07. The summed E-state index contributed by atoms with van der Waals surface area (Å²) < 4.78 is 58.0. The number of ether oxygens (including phenoxy) is 2. The van der Waals surface area contributed by atoms with E-state index in [0.717, 1.165) is 5.56 Å². The Bertz CT molecular complexity index is 1580. The number of aliphatic hydroxyl groups is 1. The Morgan fingerprint density at radius 2 is 1.66 bits per heavy atom. The van der Waals surface area contributed by atoms with Crippen LogP contribution in [0.5, 0.6) is 11.5 Å². The molecule has 1 unspecified atom stereocenters. The molecule has 11 heteroatoms. The van der Waals surface area contributed by atoms with Gasteiger partial charge in [-0.15, -0.1) is 0 Å². The van der Waals surface area contributed by atoms with E-state index in [0.29, 0.717) is 30.9 Å². The van der Waals surface area contributed by atoms with Gasteiger partial charge in [0.25, 0.3) is 5.69 Å². The molecule has 0 radical (unpaired) electrons. The smallest absolute Gasteiger partial charge is 0.422 e. The molecule has 1 saturated heterocycles. The maximum atomic E-state index is 14.8. The van der Waals surface area contributed by atoms with Crippen LogP contribution in [0, 0.1) is 10.1 Å². The van der Waals surface area contributed by atoms with Gasteiger partial charge in [0.1, 0.15) is 12.2 Å². The number of β-amino-alcohol motifs (C(OH)–C–C–N with tert-alkyl or cyclic N) is 1. The molecule has 1 N–H and O–H groups in total. The summed E-state index contributed by atoms with van der Waals surface area (Å²) in [5.74, 6) is 1.25. The summed E-state index contributed by atoms with van der Waals surface area (Å²) in [4.78, 5) is 12.5. The fraction of sp³-hybridized carbons (Fsp3) is 0.333. The number of benzene rings is 3. The molecule has 0 saturated carbocycles. The topological polar surface area (TPSA) is 90.0 Å². The van der Waals surface area contributed by atoms with Crippen molar-refractivity contribution in [2.24, 2.45) is 0 Å². The Kier molecular flexibility index (Phi) is 6.66. The molecule has 1 aromatic heterocycles. The molecule has 1 fully saturated rings. The Hall–Kier alpha value is -4.09. The van der Waals surface area contributed by atoms with Gasteiger partial charge in [0.15, 0.2) is 11.5 Å². The maximum Gasteiger partial charge on any atom is 0.422 e. The van der Waals surface area contributed by atoms with Crippen LogP contribution in [0.2, 0.25) is 0 Å². The summed E-state index contributed by atoms with van der Waals surface area (Å²) >= 11 is 0. The molecule has 8 nitrogen and oxygen atoms in total. The van der Waals surface area contributed by atoms with Crippen LogP contribution in [0.15, 0.2) is 79.0 Å². The minimum Gasteiger partial charge on any atom is -0.486 e. The minimum atomic E-state index is -5.01. The van der Waals surface area contributed by atoms with Crippen LogP contribution >= 0.6 is 0 Å². The largest absolute Gasteiger partial charge is 0.486 e. The van der Waals surface area contributed by atoms with Crippen molar-refractivity contribution in [2.45, 2.75) is 36.8 Å². The number of nitrogens with zero attached hydrogens (tertiary/aromatic N) is 3.